The summed E-state index contributed by atoms with van der Waals surface area (Å²) in [6.45, 7) is 10.6. The zero-order chi connectivity index (χ0) is 22.8. The van der Waals surface area contributed by atoms with Crippen molar-refractivity contribution in [3.05, 3.63) is 35.5 Å². The first-order chi connectivity index (χ1) is 14.7. The minimum Gasteiger partial charge on any atom is -0.396 e. The molecule has 3 saturated carbocycles. The smallest absolute Gasteiger partial charge is 0.0862 e. The molecule has 0 aromatic heterocycles. The van der Waals surface area contributed by atoms with Gasteiger partial charge in [0.25, 0.3) is 0 Å². The van der Waals surface area contributed by atoms with E-state index >= 15 is 0 Å². The van der Waals surface area contributed by atoms with Crippen LogP contribution in [0.5, 0.6) is 0 Å². The molecule has 3 rings (SSSR count). The lowest BCUT2D eigenvalue weighted by molar-refractivity contribution is -0.0105. The molecule has 3 unspecified atom stereocenters. The third kappa shape index (κ3) is 5.19. The lowest BCUT2D eigenvalue weighted by Gasteiger charge is -2.44. The fourth-order valence-corrected chi connectivity index (χ4v) is 6.92. The largest absolute Gasteiger partial charge is 0.396 e. The number of allylic oxidation sites excluding steroid dienone is 3. The molecular weight excluding hydrogens is 388 g/mol. The zero-order valence-electron chi connectivity index (χ0n) is 19.8. The number of rotatable bonds is 7. The molecule has 0 saturated heterocycles. The average molecular weight is 433 g/mol. The Morgan fingerprint density at radius 2 is 1.90 bits per heavy atom. The molecule has 0 aromatic rings. The molecule has 0 spiro atoms. The van der Waals surface area contributed by atoms with E-state index in [1.165, 1.54) is 37.7 Å². The third-order valence-corrected chi connectivity index (χ3v) is 8.81. The van der Waals surface area contributed by atoms with Crippen LogP contribution in [0.4, 0.5) is 0 Å². The fraction of sp³-hybridized carbons (Fsp3) is 0.778. The first-order valence-corrected chi connectivity index (χ1v) is 12.4. The summed E-state index contributed by atoms with van der Waals surface area (Å²) in [5, 5.41) is 39.8. The highest BCUT2D eigenvalue weighted by Crippen LogP contribution is 2.59. The Bertz CT molecular complexity index is 693. The van der Waals surface area contributed by atoms with Crippen molar-refractivity contribution in [3.8, 4) is 0 Å². The maximum Gasteiger partial charge on any atom is 0.0862 e. The van der Waals surface area contributed by atoms with Gasteiger partial charge in [0.1, 0.15) is 0 Å². The first-order valence-electron chi connectivity index (χ1n) is 12.4. The van der Waals surface area contributed by atoms with Crippen LogP contribution in [-0.2, 0) is 0 Å². The molecule has 31 heavy (non-hydrogen) atoms. The van der Waals surface area contributed by atoms with Crippen molar-refractivity contribution in [1.29, 1.82) is 0 Å². The standard InChI is InChI=1S/C27H44O4/c1-17(7-5-8-18(2)29)23-12-13-24-20(9-6-14-27(23,24)4)10-11-21-15-25(30)22(16-28)26(31)19(21)3/h10-11,17-18,22-26,28-31H,3,5-9,12-16H2,1-2,4H3/b20-10-,21-11+/t17?,18?,22-,23+,24?,25+,26+,27+/m0/s1. The normalized spacial score (nSPS) is 40.9. The lowest BCUT2D eigenvalue weighted by atomic mass is 9.60. The Balaban J connectivity index is 1.72. The molecule has 176 valence electrons. The predicted molar refractivity (Wildman–Crippen MR) is 125 cm³/mol. The Morgan fingerprint density at radius 1 is 1.16 bits per heavy atom. The molecule has 0 amide bonds. The first kappa shape index (κ1) is 24.7. The summed E-state index contributed by atoms with van der Waals surface area (Å²) in [6, 6.07) is 0. The predicted octanol–water partition coefficient (Wildman–Crippen LogP) is 4.53. The second-order valence-electron chi connectivity index (χ2n) is 10.9. The van der Waals surface area contributed by atoms with Gasteiger partial charge in [0.2, 0.25) is 0 Å². The number of aliphatic hydroxyl groups excluding tert-OH is 4. The number of hydrogen-bond donors (Lipinski definition) is 4. The molecule has 0 heterocycles. The van der Waals surface area contributed by atoms with Crippen LogP contribution in [0.2, 0.25) is 0 Å². The van der Waals surface area contributed by atoms with Gasteiger partial charge in [0, 0.05) is 5.92 Å². The van der Waals surface area contributed by atoms with Crippen LogP contribution in [0.15, 0.2) is 35.5 Å². The average Bonchev–Trinajstić information content (AvgIpc) is 3.07. The van der Waals surface area contributed by atoms with Crippen molar-refractivity contribution in [2.75, 3.05) is 6.61 Å². The molecule has 3 fully saturated rings. The maximum atomic E-state index is 10.4. The van der Waals surface area contributed by atoms with Gasteiger partial charge in [0.05, 0.1) is 24.9 Å². The lowest BCUT2D eigenvalue weighted by Crippen LogP contribution is -2.40. The van der Waals surface area contributed by atoms with Crippen LogP contribution in [0.25, 0.3) is 0 Å². The highest BCUT2D eigenvalue weighted by molar-refractivity contribution is 5.39. The van der Waals surface area contributed by atoms with Crippen LogP contribution in [0, 0.1) is 29.1 Å². The summed E-state index contributed by atoms with van der Waals surface area (Å²) in [5.74, 6) is 1.49. The molecule has 3 aliphatic rings. The summed E-state index contributed by atoms with van der Waals surface area (Å²) in [6.07, 6.45) is 12.3. The van der Waals surface area contributed by atoms with Crippen molar-refractivity contribution in [2.45, 2.75) is 96.9 Å². The highest BCUT2D eigenvalue weighted by Gasteiger charge is 2.50. The fourth-order valence-electron chi connectivity index (χ4n) is 6.92. The van der Waals surface area contributed by atoms with Crippen molar-refractivity contribution in [3.63, 3.8) is 0 Å². The van der Waals surface area contributed by atoms with Gasteiger partial charge in [-0.05, 0) is 86.2 Å². The Kier molecular flexibility index (Phi) is 8.23. The summed E-state index contributed by atoms with van der Waals surface area (Å²) < 4.78 is 0. The van der Waals surface area contributed by atoms with Gasteiger partial charge in [-0.3, -0.25) is 0 Å². The summed E-state index contributed by atoms with van der Waals surface area (Å²) in [4.78, 5) is 0. The molecule has 8 atom stereocenters. The minimum absolute atomic E-state index is 0.199. The highest BCUT2D eigenvalue weighted by atomic mass is 16.3. The van der Waals surface area contributed by atoms with Crippen molar-refractivity contribution in [2.24, 2.45) is 29.1 Å². The molecule has 0 bridgehead atoms. The Labute approximate surface area is 188 Å². The van der Waals surface area contributed by atoms with Crippen molar-refractivity contribution in [1.82, 2.24) is 0 Å². The van der Waals surface area contributed by atoms with E-state index in [4.69, 9.17) is 0 Å². The molecular formula is C27H44O4. The molecule has 0 radical (unpaired) electrons. The van der Waals surface area contributed by atoms with Crippen molar-refractivity contribution >= 4 is 0 Å². The second kappa shape index (κ2) is 10.3. The van der Waals surface area contributed by atoms with E-state index in [9.17, 15) is 20.4 Å². The molecule has 4 nitrogen and oxygen atoms in total. The van der Waals surface area contributed by atoms with Gasteiger partial charge in [-0.15, -0.1) is 0 Å². The quantitative estimate of drug-likeness (QED) is 0.476. The number of aliphatic hydroxyl groups is 4. The summed E-state index contributed by atoms with van der Waals surface area (Å²) >= 11 is 0. The van der Waals surface area contributed by atoms with Gasteiger partial charge in [0.15, 0.2) is 0 Å². The second-order valence-corrected chi connectivity index (χ2v) is 10.9. The van der Waals surface area contributed by atoms with E-state index in [0.717, 1.165) is 30.8 Å². The van der Waals surface area contributed by atoms with E-state index in [0.29, 0.717) is 29.2 Å². The molecule has 4 N–H and O–H groups in total. The van der Waals surface area contributed by atoms with Gasteiger partial charge >= 0.3 is 0 Å². The minimum atomic E-state index is -0.881. The van der Waals surface area contributed by atoms with Gasteiger partial charge in [-0.2, -0.15) is 0 Å². The molecule has 3 aliphatic carbocycles. The van der Waals surface area contributed by atoms with Crippen LogP contribution in [-0.4, -0.2) is 45.3 Å². The maximum absolute atomic E-state index is 10.4. The van der Waals surface area contributed by atoms with E-state index in [-0.39, 0.29) is 12.7 Å². The monoisotopic (exact) mass is 432 g/mol. The van der Waals surface area contributed by atoms with Crippen LogP contribution >= 0.6 is 0 Å². The van der Waals surface area contributed by atoms with Gasteiger partial charge < -0.3 is 20.4 Å². The topological polar surface area (TPSA) is 80.9 Å². The van der Waals surface area contributed by atoms with E-state index < -0.39 is 18.1 Å². The molecule has 0 aliphatic heterocycles. The van der Waals surface area contributed by atoms with E-state index in [1.807, 2.05) is 6.92 Å². The Hall–Kier alpha value is -0.940. The number of hydrogen-bond acceptors (Lipinski definition) is 4. The Morgan fingerprint density at radius 3 is 2.58 bits per heavy atom. The summed E-state index contributed by atoms with van der Waals surface area (Å²) in [7, 11) is 0. The molecule has 0 aromatic carbocycles. The van der Waals surface area contributed by atoms with Crippen LogP contribution in [0.3, 0.4) is 0 Å². The third-order valence-electron chi connectivity index (χ3n) is 8.81. The van der Waals surface area contributed by atoms with E-state index in [2.05, 4.69) is 32.6 Å². The number of fused-ring (bicyclic) bond motifs is 1. The SMILES string of the molecule is C=C1/C(=C/C=C2/CCC[C@@]3(C)C2CC[C@@H]3C(C)CCCC(C)O)C[C@@H](O)[C@H](CO)[C@@H]1O. The summed E-state index contributed by atoms with van der Waals surface area (Å²) in [5.41, 5.74) is 3.40. The van der Waals surface area contributed by atoms with E-state index in [1.54, 1.807) is 0 Å². The molecule has 4 heteroatoms. The van der Waals surface area contributed by atoms with Crippen molar-refractivity contribution < 1.29 is 20.4 Å². The van der Waals surface area contributed by atoms with Gasteiger partial charge in [-0.1, -0.05) is 51.0 Å². The van der Waals surface area contributed by atoms with Crippen LogP contribution in [0.1, 0.15) is 78.6 Å². The van der Waals surface area contributed by atoms with Crippen LogP contribution < -0.4 is 0 Å². The van der Waals surface area contributed by atoms with Gasteiger partial charge in [-0.25, -0.2) is 0 Å². The zero-order valence-corrected chi connectivity index (χ0v) is 19.8.